The van der Waals surface area contributed by atoms with Gasteiger partial charge in [-0.25, -0.2) is 9.59 Å². The summed E-state index contributed by atoms with van der Waals surface area (Å²) in [5.74, 6) is 0.459. The third kappa shape index (κ3) is 3.24. The van der Waals surface area contributed by atoms with Gasteiger partial charge in [0.05, 0.1) is 5.41 Å². The largest absolute Gasteiger partial charge is 0.443 e. The summed E-state index contributed by atoms with van der Waals surface area (Å²) < 4.78 is 5.01. The first-order chi connectivity index (χ1) is 10.7. The molecule has 22 heavy (non-hydrogen) atoms. The van der Waals surface area contributed by atoms with Gasteiger partial charge in [-0.3, -0.25) is 0 Å². The van der Waals surface area contributed by atoms with Crippen LogP contribution in [0.5, 0.6) is 0 Å². The molecule has 3 fully saturated rings. The van der Waals surface area contributed by atoms with Gasteiger partial charge in [0, 0.05) is 0 Å². The Balaban J connectivity index is 1.43. The van der Waals surface area contributed by atoms with E-state index in [9.17, 15) is 9.59 Å². The molecule has 0 saturated heterocycles. The first-order valence-corrected chi connectivity index (χ1v) is 7.86. The van der Waals surface area contributed by atoms with Gasteiger partial charge in [-0.2, -0.15) is 0 Å². The van der Waals surface area contributed by atoms with E-state index in [-0.39, 0.29) is 18.0 Å². The fraction of sp³-hybridized carbons (Fsp3) is 0.529. The molecule has 118 valence electrons. The average Bonchev–Trinajstić information content (AvgIpc) is 2.60. The van der Waals surface area contributed by atoms with Crippen LogP contribution in [-0.4, -0.2) is 12.1 Å². The van der Waals surface area contributed by atoms with Crippen molar-refractivity contribution in [3.8, 4) is 0 Å². The van der Waals surface area contributed by atoms with Gasteiger partial charge in [-0.15, -0.1) is 5.48 Å². The number of hydroxylamine groups is 1. The van der Waals surface area contributed by atoms with Crippen LogP contribution in [0.25, 0.3) is 0 Å². The van der Waals surface area contributed by atoms with Crippen LogP contribution in [0.3, 0.4) is 0 Å². The molecule has 3 aliphatic rings. The summed E-state index contributed by atoms with van der Waals surface area (Å²) >= 11 is 0. The monoisotopic (exact) mass is 303 g/mol. The molecular formula is C17H21NO4. The Morgan fingerprint density at radius 2 is 1.73 bits per heavy atom. The maximum atomic E-state index is 12.3. The second kappa shape index (κ2) is 6.38. The lowest BCUT2D eigenvalue weighted by Crippen LogP contribution is -2.44. The second-order valence-corrected chi connectivity index (χ2v) is 6.32. The number of amides is 1. The molecule has 1 aromatic carbocycles. The summed E-state index contributed by atoms with van der Waals surface area (Å²) in [6, 6.07) is 9.35. The molecule has 0 aliphatic heterocycles. The van der Waals surface area contributed by atoms with Crippen molar-refractivity contribution in [1.82, 2.24) is 5.48 Å². The normalized spacial score (nSPS) is 26.3. The quantitative estimate of drug-likeness (QED) is 0.870. The lowest BCUT2D eigenvalue weighted by atomic mass is 9.61. The molecule has 1 amide bonds. The number of hydrogen-bond donors (Lipinski definition) is 1. The Bertz CT molecular complexity index is 521. The predicted octanol–water partition coefficient (Wildman–Crippen LogP) is 3.34. The van der Waals surface area contributed by atoms with E-state index in [1.54, 1.807) is 0 Å². The second-order valence-electron chi connectivity index (χ2n) is 6.32. The highest BCUT2D eigenvalue weighted by atomic mass is 16.7. The Hall–Kier alpha value is -2.04. The molecule has 3 aliphatic carbocycles. The van der Waals surface area contributed by atoms with Gasteiger partial charge < -0.3 is 9.57 Å². The minimum atomic E-state index is -0.738. The highest BCUT2D eigenvalue weighted by Crippen LogP contribution is 2.50. The first-order valence-electron chi connectivity index (χ1n) is 7.86. The maximum Gasteiger partial charge on any atom is 0.441 e. The van der Waals surface area contributed by atoms with E-state index in [4.69, 9.17) is 9.57 Å². The number of ether oxygens (including phenoxy) is 1. The van der Waals surface area contributed by atoms with Crippen molar-refractivity contribution in [2.75, 3.05) is 0 Å². The number of carbonyl (C=O) groups is 2. The zero-order chi connectivity index (χ0) is 15.4. The van der Waals surface area contributed by atoms with Gasteiger partial charge in [0.25, 0.3) is 0 Å². The van der Waals surface area contributed by atoms with Crippen LogP contribution < -0.4 is 5.48 Å². The zero-order valence-electron chi connectivity index (χ0n) is 12.5. The Labute approximate surface area is 129 Å². The molecule has 0 radical (unpaired) electrons. The average molecular weight is 303 g/mol. The van der Waals surface area contributed by atoms with Crippen LogP contribution >= 0.6 is 0 Å². The van der Waals surface area contributed by atoms with E-state index in [2.05, 4.69) is 5.48 Å². The minimum absolute atomic E-state index is 0.150. The zero-order valence-corrected chi connectivity index (χ0v) is 12.5. The summed E-state index contributed by atoms with van der Waals surface area (Å²) in [4.78, 5) is 28.8. The summed E-state index contributed by atoms with van der Waals surface area (Å²) in [6.07, 6.45) is 5.15. The smallest absolute Gasteiger partial charge is 0.441 e. The van der Waals surface area contributed by atoms with Crippen molar-refractivity contribution >= 4 is 12.1 Å². The summed E-state index contributed by atoms with van der Waals surface area (Å²) in [7, 11) is 0. The SMILES string of the molecule is O=C(NOC(=O)C12CCC(CC1)CC2)OCc1ccccc1. The van der Waals surface area contributed by atoms with Gasteiger partial charge in [0.15, 0.2) is 0 Å². The summed E-state index contributed by atoms with van der Waals surface area (Å²) in [6.45, 7) is 0.150. The standard InChI is InChI=1S/C17H21NO4/c19-15(17-9-6-13(7-10-17)8-11-17)22-18-16(20)21-12-14-4-2-1-3-5-14/h1-5,13H,6-12H2,(H,18,20). The Morgan fingerprint density at radius 1 is 1.09 bits per heavy atom. The molecule has 0 heterocycles. The van der Waals surface area contributed by atoms with E-state index in [0.717, 1.165) is 50.0 Å². The van der Waals surface area contributed by atoms with Crippen LogP contribution in [0.15, 0.2) is 30.3 Å². The Morgan fingerprint density at radius 3 is 2.36 bits per heavy atom. The summed E-state index contributed by atoms with van der Waals surface area (Å²) in [5, 5.41) is 0. The topological polar surface area (TPSA) is 64.6 Å². The lowest BCUT2D eigenvalue weighted by Gasteiger charge is -2.43. The fourth-order valence-electron chi connectivity index (χ4n) is 3.50. The molecule has 1 N–H and O–H groups in total. The van der Waals surface area contributed by atoms with Crippen molar-refractivity contribution in [2.45, 2.75) is 45.1 Å². The van der Waals surface area contributed by atoms with Crippen LogP contribution in [0, 0.1) is 11.3 Å². The van der Waals surface area contributed by atoms with E-state index >= 15 is 0 Å². The van der Waals surface area contributed by atoms with Gasteiger partial charge in [-0.05, 0) is 50.0 Å². The molecule has 5 heteroatoms. The Kier molecular flexibility index (Phi) is 4.32. The molecule has 3 saturated carbocycles. The number of carbonyl (C=O) groups excluding carboxylic acids is 2. The number of benzene rings is 1. The number of nitrogens with one attached hydrogen (secondary N) is 1. The molecule has 5 nitrogen and oxygen atoms in total. The van der Waals surface area contributed by atoms with Crippen molar-refractivity contribution < 1.29 is 19.2 Å². The number of fused-ring (bicyclic) bond motifs is 3. The molecule has 0 unspecified atom stereocenters. The van der Waals surface area contributed by atoms with E-state index in [1.807, 2.05) is 30.3 Å². The van der Waals surface area contributed by atoms with Crippen molar-refractivity contribution in [2.24, 2.45) is 11.3 Å². The molecule has 4 rings (SSSR count). The number of rotatable bonds is 3. The lowest BCUT2D eigenvalue weighted by molar-refractivity contribution is -0.169. The van der Waals surface area contributed by atoms with Gasteiger partial charge >= 0.3 is 12.1 Å². The fourth-order valence-corrected chi connectivity index (χ4v) is 3.50. The highest BCUT2D eigenvalue weighted by molar-refractivity contribution is 5.79. The molecule has 0 spiro atoms. The van der Waals surface area contributed by atoms with Crippen molar-refractivity contribution in [3.05, 3.63) is 35.9 Å². The molecule has 0 aromatic heterocycles. The molecule has 1 aromatic rings. The third-order valence-corrected chi connectivity index (χ3v) is 4.97. The maximum absolute atomic E-state index is 12.3. The van der Waals surface area contributed by atoms with Crippen molar-refractivity contribution in [3.63, 3.8) is 0 Å². The van der Waals surface area contributed by atoms with E-state index in [0.29, 0.717) is 0 Å². The highest BCUT2D eigenvalue weighted by Gasteiger charge is 2.47. The van der Waals surface area contributed by atoms with Crippen molar-refractivity contribution in [1.29, 1.82) is 0 Å². The minimum Gasteiger partial charge on any atom is -0.443 e. The summed E-state index contributed by atoms with van der Waals surface area (Å²) in [5.41, 5.74) is 2.61. The molecular weight excluding hydrogens is 282 g/mol. The number of hydrogen-bond acceptors (Lipinski definition) is 4. The predicted molar refractivity (Wildman–Crippen MR) is 79.5 cm³/mol. The van der Waals surface area contributed by atoms with E-state index in [1.165, 1.54) is 0 Å². The molecule has 0 atom stereocenters. The first kappa shape index (κ1) is 14.9. The van der Waals surface area contributed by atoms with E-state index < -0.39 is 6.09 Å². The van der Waals surface area contributed by atoms with Crippen LogP contribution in [0.4, 0.5) is 4.79 Å². The van der Waals surface area contributed by atoms with Crippen LogP contribution in [0.1, 0.15) is 44.1 Å². The third-order valence-electron chi connectivity index (χ3n) is 4.97. The van der Waals surface area contributed by atoms with Gasteiger partial charge in [-0.1, -0.05) is 30.3 Å². The van der Waals surface area contributed by atoms with Gasteiger partial charge in [0.2, 0.25) is 0 Å². The van der Waals surface area contributed by atoms with Crippen LogP contribution in [0.2, 0.25) is 0 Å². The molecule has 2 bridgehead atoms. The van der Waals surface area contributed by atoms with Crippen LogP contribution in [-0.2, 0) is 21.0 Å². The van der Waals surface area contributed by atoms with Gasteiger partial charge in [0.1, 0.15) is 6.61 Å².